The van der Waals surface area contributed by atoms with Gasteiger partial charge >= 0.3 is 5.97 Å². The Hall–Kier alpha value is -1.42. The maximum Gasteiger partial charge on any atom is 0.310 e. The lowest BCUT2D eigenvalue weighted by molar-refractivity contribution is -0.142. The molecule has 0 atom stereocenters. The van der Waals surface area contributed by atoms with Gasteiger partial charge in [0, 0.05) is 0 Å². The molecule has 1 aromatic carbocycles. The number of rotatable bonds is 4. The molecule has 16 heavy (non-hydrogen) atoms. The van der Waals surface area contributed by atoms with E-state index in [-0.39, 0.29) is 12.4 Å². The zero-order valence-electron chi connectivity index (χ0n) is 9.13. The summed E-state index contributed by atoms with van der Waals surface area (Å²) < 4.78 is 4.95. The van der Waals surface area contributed by atoms with Crippen LogP contribution >= 0.6 is 11.6 Å². The van der Waals surface area contributed by atoms with Gasteiger partial charge in [-0.25, -0.2) is 0 Å². The first-order valence-corrected chi connectivity index (χ1v) is 5.41. The molecule has 0 saturated heterocycles. The normalized spacial score (nSPS) is 10.1. The first kappa shape index (κ1) is 12.6. The van der Waals surface area contributed by atoms with E-state index in [0.717, 1.165) is 6.42 Å². The molecule has 0 aliphatic rings. The summed E-state index contributed by atoms with van der Waals surface area (Å²) in [5.74, 6) is -0.289. The molecule has 0 spiro atoms. The molecule has 88 valence electrons. The minimum Gasteiger partial charge on any atom is -0.465 e. The van der Waals surface area contributed by atoms with Crippen molar-refractivity contribution in [3.63, 3.8) is 0 Å². The van der Waals surface area contributed by atoms with E-state index in [1.807, 2.05) is 6.92 Å². The van der Waals surface area contributed by atoms with Crippen LogP contribution in [0.5, 0.6) is 0 Å². The van der Waals surface area contributed by atoms with Crippen molar-refractivity contribution in [2.45, 2.75) is 19.8 Å². The topological polar surface area (TPSA) is 78.3 Å². The standard InChI is InChI=1S/C11H15ClN2O2/c1-2-3-16-10(15)6-7-4-8(13)11(12)9(14)5-7/h4-5H,2-3,6,13-14H2,1H3. The second kappa shape index (κ2) is 5.61. The highest BCUT2D eigenvalue weighted by atomic mass is 35.5. The van der Waals surface area contributed by atoms with Crippen molar-refractivity contribution in [2.24, 2.45) is 0 Å². The van der Waals surface area contributed by atoms with Crippen molar-refractivity contribution in [3.05, 3.63) is 22.7 Å². The first-order chi connectivity index (χ1) is 7.54. The lowest BCUT2D eigenvalue weighted by Gasteiger charge is -2.07. The summed E-state index contributed by atoms with van der Waals surface area (Å²) in [5, 5.41) is 0.325. The van der Waals surface area contributed by atoms with Crippen LogP contribution in [0.15, 0.2) is 12.1 Å². The molecular weight excluding hydrogens is 228 g/mol. The second-order valence-electron chi connectivity index (χ2n) is 3.49. The summed E-state index contributed by atoms with van der Waals surface area (Å²) >= 11 is 5.80. The molecule has 0 fully saturated rings. The number of carbonyl (C=O) groups excluding carboxylic acids is 1. The van der Waals surface area contributed by atoms with E-state index in [0.29, 0.717) is 28.6 Å². The highest BCUT2D eigenvalue weighted by Crippen LogP contribution is 2.27. The Bertz CT molecular complexity index is 371. The average Bonchev–Trinajstić information content (AvgIpc) is 2.23. The molecule has 4 nitrogen and oxygen atoms in total. The van der Waals surface area contributed by atoms with E-state index in [9.17, 15) is 4.79 Å². The van der Waals surface area contributed by atoms with Crippen LogP contribution < -0.4 is 11.5 Å². The number of hydrogen-bond donors (Lipinski definition) is 2. The molecule has 5 heteroatoms. The first-order valence-electron chi connectivity index (χ1n) is 5.03. The predicted octanol–water partition coefficient (Wildman–Crippen LogP) is 2.00. The maximum absolute atomic E-state index is 11.3. The lowest BCUT2D eigenvalue weighted by Crippen LogP contribution is -2.09. The van der Waals surface area contributed by atoms with Gasteiger partial charge < -0.3 is 16.2 Å². The largest absolute Gasteiger partial charge is 0.465 e. The molecule has 1 rings (SSSR count). The molecule has 0 amide bonds. The Morgan fingerprint density at radius 3 is 2.44 bits per heavy atom. The van der Waals surface area contributed by atoms with Crippen LogP contribution in [0.3, 0.4) is 0 Å². The summed E-state index contributed by atoms with van der Waals surface area (Å²) in [4.78, 5) is 11.3. The Kier molecular flexibility index (Phi) is 4.43. The van der Waals surface area contributed by atoms with Crippen LogP contribution in [0.2, 0.25) is 5.02 Å². The molecule has 0 aliphatic heterocycles. The highest BCUT2D eigenvalue weighted by Gasteiger charge is 2.08. The Labute approximate surface area is 99.5 Å². The van der Waals surface area contributed by atoms with Crippen LogP contribution in [0.25, 0.3) is 0 Å². The number of nitrogen functional groups attached to an aromatic ring is 2. The fourth-order valence-electron chi connectivity index (χ4n) is 1.27. The van der Waals surface area contributed by atoms with Gasteiger partial charge in [-0.3, -0.25) is 4.79 Å². The molecule has 0 saturated carbocycles. The van der Waals surface area contributed by atoms with Crippen LogP contribution in [0, 0.1) is 0 Å². The molecule has 0 unspecified atom stereocenters. The van der Waals surface area contributed by atoms with Gasteiger partial charge in [0.25, 0.3) is 0 Å². The monoisotopic (exact) mass is 242 g/mol. The molecule has 0 aromatic heterocycles. The van der Waals surface area contributed by atoms with Gasteiger partial charge in [-0.05, 0) is 24.1 Å². The van der Waals surface area contributed by atoms with Crippen LogP contribution in [-0.4, -0.2) is 12.6 Å². The number of carbonyl (C=O) groups is 1. The summed E-state index contributed by atoms with van der Waals surface area (Å²) in [7, 11) is 0. The van der Waals surface area contributed by atoms with Crippen molar-refractivity contribution in [1.29, 1.82) is 0 Å². The van der Waals surface area contributed by atoms with E-state index in [4.69, 9.17) is 27.8 Å². The summed E-state index contributed by atoms with van der Waals surface area (Å²) in [6, 6.07) is 3.26. The number of benzene rings is 1. The van der Waals surface area contributed by atoms with Gasteiger partial charge in [0.05, 0.1) is 29.4 Å². The molecule has 0 heterocycles. The predicted molar refractivity (Wildman–Crippen MR) is 65.2 cm³/mol. The highest BCUT2D eigenvalue weighted by molar-refractivity contribution is 6.35. The molecule has 0 aliphatic carbocycles. The summed E-state index contributed by atoms with van der Waals surface area (Å²) in [6.07, 6.45) is 0.961. The van der Waals surface area contributed by atoms with Crippen molar-refractivity contribution in [2.75, 3.05) is 18.1 Å². The van der Waals surface area contributed by atoms with Gasteiger partial charge in [0.1, 0.15) is 0 Å². The van der Waals surface area contributed by atoms with E-state index < -0.39 is 0 Å². The van der Waals surface area contributed by atoms with Crippen molar-refractivity contribution >= 4 is 28.9 Å². The molecular formula is C11H15ClN2O2. The van der Waals surface area contributed by atoms with Gasteiger partial charge in [0.15, 0.2) is 0 Å². The Morgan fingerprint density at radius 2 is 1.94 bits per heavy atom. The van der Waals surface area contributed by atoms with Crippen molar-refractivity contribution in [1.82, 2.24) is 0 Å². The van der Waals surface area contributed by atoms with Crippen LogP contribution in [0.4, 0.5) is 11.4 Å². The van der Waals surface area contributed by atoms with Gasteiger partial charge in [0.2, 0.25) is 0 Å². The number of esters is 1. The number of ether oxygens (including phenoxy) is 1. The fraction of sp³-hybridized carbons (Fsp3) is 0.364. The van der Waals surface area contributed by atoms with E-state index in [1.54, 1.807) is 12.1 Å². The Balaban J connectivity index is 2.71. The minimum absolute atomic E-state index is 0.158. The van der Waals surface area contributed by atoms with Gasteiger partial charge in [-0.15, -0.1) is 0 Å². The maximum atomic E-state index is 11.3. The van der Waals surface area contributed by atoms with E-state index >= 15 is 0 Å². The molecule has 4 N–H and O–H groups in total. The minimum atomic E-state index is -0.289. The molecule has 0 bridgehead atoms. The third kappa shape index (κ3) is 3.31. The average molecular weight is 243 g/mol. The summed E-state index contributed by atoms with van der Waals surface area (Å²) in [5.41, 5.74) is 12.7. The zero-order valence-corrected chi connectivity index (χ0v) is 9.88. The lowest BCUT2D eigenvalue weighted by atomic mass is 10.1. The number of nitrogens with two attached hydrogens (primary N) is 2. The van der Waals surface area contributed by atoms with Crippen molar-refractivity contribution < 1.29 is 9.53 Å². The molecule has 1 aromatic rings. The Morgan fingerprint density at radius 1 is 1.38 bits per heavy atom. The number of halogens is 1. The van der Waals surface area contributed by atoms with Crippen LogP contribution in [0.1, 0.15) is 18.9 Å². The van der Waals surface area contributed by atoms with Gasteiger partial charge in [-0.2, -0.15) is 0 Å². The number of anilines is 2. The fourth-order valence-corrected chi connectivity index (χ4v) is 1.38. The molecule has 0 radical (unpaired) electrons. The van der Waals surface area contributed by atoms with Gasteiger partial charge in [-0.1, -0.05) is 18.5 Å². The van der Waals surface area contributed by atoms with Crippen molar-refractivity contribution in [3.8, 4) is 0 Å². The third-order valence-corrected chi connectivity index (χ3v) is 2.44. The SMILES string of the molecule is CCCOC(=O)Cc1cc(N)c(Cl)c(N)c1. The zero-order chi connectivity index (χ0) is 12.1. The quantitative estimate of drug-likeness (QED) is 0.625. The second-order valence-corrected chi connectivity index (χ2v) is 3.86. The number of hydrogen-bond acceptors (Lipinski definition) is 4. The smallest absolute Gasteiger partial charge is 0.310 e. The summed E-state index contributed by atoms with van der Waals surface area (Å²) in [6.45, 7) is 2.36. The van der Waals surface area contributed by atoms with E-state index in [1.165, 1.54) is 0 Å². The van der Waals surface area contributed by atoms with E-state index in [2.05, 4.69) is 0 Å². The third-order valence-electron chi connectivity index (χ3n) is 2.00. The van der Waals surface area contributed by atoms with Crippen LogP contribution in [-0.2, 0) is 16.0 Å².